The lowest BCUT2D eigenvalue weighted by Crippen LogP contribution is -2.07. The van der Waals surface area contributed by atoms with Crippen LogP contribution in [0.1, 0.15) is 24.2 Å². The first-order chi connectivity index (χ1) is 11.4. The molecule has 2 rings (SSSR count). The highest BCUT2D eigenvalue weighted by atomic mass is 32.2. The van der Waals surface area contributed by atoms with Crippen LogP contribution in [0.25, 0.3) is 0 Å². The van der Waals surface area contributed by atoms with E-state index >= 15 is 0 Å². The Morgan fingerprint density at radius 3 is 1.79 bits per heavy atom. The molecule has 0 saturated heterocycles. The van der Waals surface area contributed by atoms with Crippen molar-refractivity contribution in [2.45, 2.75) is 23.6 Å². The minimum absolute atomic E-state index is 0.0461. The summed E-state index contributed by atoms with van der Waals surface area (Å²) in [5.74, 6) is -0.00171. The van der Waals surface area contributed by atoms with Crippen molar-refractivity contribution in [1.29, 1.82) is 0 Å². The predicted octanol–water partition coefficient (Wildman–Crippen LogP) is 5.08. The van der Waals surface area contributed by atoms with Crippen molar-refractivity contribution < 1.29 is 14.3 Å². The van der Waals surface area contributed by atoms with Crippen LogP contribution in [0.3, 0.4) is 0 Å². The average molecular weight is 338 g/mol. The van der Waals surface area contributed by atoms with Gasteiger partial charge in [-0.05, 0) is 68.0 Å². The Kier molecular flexibility index (Phi) is 5.77. The van der Waals surface area contributed by atoms with Gasteiger partial charge in [0.15, 0.2) is 5.78 Å². The zero-order chi connectivity index (χ0) is 17.7. The van der Waals surface area contributed by atoms with Gasteiger partial charge >= 0.3 is 5.97 Å². The van der Waals surface area contributed by atoms with Gasteiger partial charge in [0, 0.05) is 20.9 Å². The molecule has 3 nitrogen and oxygen atoms in total. The van der Waals surface area contributed by atoms with Crippen LogP contribution >= 0.6 is 11.8 Å². The van der Waals surface area contributed by atoms with Crippen LogP contribution in [-0.2, 0) is 4.79 Å². The number of carbonyl (C=O) groups is 2. The van der Waals surface area contributed by atoms with E-state index in [1.54, 1.807) is 49.9 Å². The lowest BCUT2D eigenvalue weighted by atomic mass is 10.1. The number of ether oxygens (including phenoxy) is 1. The van der Waals surface area contributed by atoms with Crippen molar-refractivity contribution in [3.63, 3.8) is 0 Å². The summed E-state index contributed by atoms with van der Waals surface area (Å²) in [6.45, 7) is 10.5. The Bertz CT molecular complexity index is 787. The molecule has 0 atom stereocenters. The van der Waals surface area contributed by atoms with E-state index in [1.165, 1.54) is 0 Å². The molecule has 0 unspecified atom stereocenters. The number of ketones is 1. The molecule has 0 amide bonds. The number of esters is 1. The van der Waals surface area contributed by atoms with E-state index in [-0.39, 0.29) is 5.78 Å². The van der Waals surface area contributed by atoms with Gasteiger partial charge in [-0.25, -0.2) is 4.79 Å². The maximum Gasteiger partial charge on any atom is 0.338 e. The molecule has 0 aliphatic carbocycles. The fourth-order valence-electron chi connectivity index (χ4n) is 1.83. The van der Waals surface area contributed by atoms with Crippen LogP contribution in [0.4, 0.5) is 0 Å². The molecule has 122 valence electrons. The summed E-state index contributed by atoms with van der Waals surface area (Å²) in [4.78, 5) is 25.3. The number of Topliss-reactive ketones (excluding diaryl/α,β-unsaturated/α-hetero) is 1. The molecule has 0 heterocycles. The zero-order valence-electron chi connectivity index (χ0n) is 13.7. The highest BCUT2D eigenvalue weighted by Gasteiger charge is 2.07. The second kappa shape index (κ2) is 7.79. The van der Waals surface area contributed by atoms with Gasteiger partial charge in [0.2, 0.25) is 0 Å². The first kappa shape index (κ1) is 17.8. The topological polar surface area (TPSA) is 43.4 Å². The van der Waals surface area contributed by atoms with Gasteiger partial charge < -0.3 is 4.74 Å². The van der Waals surface area contributed by atoms with Crippen LogP contribution < -0.4 is 4.74 Å². The molecule has 0 aromatic heterocycles. The fourth-order valence-corrected chi connectivity index (χ4v) is 2.64. The summed E-state index contributed by atoms with van der Waals surface area (Å²) in [5, 5.41) is 0. The highest BCUT2D eigenvalue weighted by molar-refractivity contribution is 7.99. The van der Waals surface area contributed by atoms with Gasteiger partial charge in [-0.1, -0.05) is 24.9 Å². The minimum atomic E-state index is -0.437. The number of benzene rings is 2. The number of rotatable bonds is 6. The van der Waals surface area contributed by atoms with Crippen molar-refractivity contribution in [3.8, 4) is 5.75 Å². The number of allylic oxidation sites excluding steroid dienone is 1. The molecule has 0 spiro atoms. The molecule has 0 N–H and O–H groups in total. The molecule has 2 aromatic carbocycles. The number of hydrogen-bond acceptors (Lipinski definition) is 4. The molecule has 4 heteroatoms. The quantitative estimate of drug-likeness (QED) is 0.319. The summed E-state index contributed by atoms with van der Waals surface area (Å²) >= 11 is 1.56. The molecule has 0 fully saturated rings. The molecular weight excluding hydrogens is 320 g/mol. The van der Waals surface area contributed by atoms with E-state index in [0.717, 1.165) is 9.79 Å². The normalized spacial score (nSPS) is 10.1. The second-order valence-electron chi connectivity index (χ2n) is 5.38. The van der Waals surface area contributed by atoms with E-state index < -0.39 is 5.97 Å². The lowest BCUT2D eigenvalue weighted by molar-refractivity contribution is -0.130. The predicted molar refractivity (Wildman–Crippen MR) is 96.6 cm³/mol. The van der Waals surface area contributed by atoms with Gasteiger partial charge in [0.25, 0.3) is 0 Å². The van der Waals surface area contributed by atoms with Gasteiger partial charge in [0.05, 0.1) is 0 Å². The van der Waals surface area contributed by atoms with Crippen molar-refractivity contribution in [2.24, 2.45) is 0 Å². The van der Waals surface area contributed by atoms with Crippen molar-refractivity contribution in [2.75, 3.05) is 0 Å². The van der Waals surface area contributed by atoms with Gasteiger partial charge in [-0.2, -0.15) is 0 Å². The molecule has 0 radical (unpaired) electrons. The van der Waals surface area contributed by atoms with Gasteiger partial charge in [0.1, 0.15) is 5.75 Å². The van der Waals surface area contributed by atoms with Crippen LogP contribution in [0, 0.1) is 0 Å². The Hall–Kier alpha value is -2.59. The standard InChI is InChI=1S/C20H18O3S/c1-13(2)19(21)15-5-9-17(10-6-15)24-18-11-7-16(8-12-18)23-20(22)14(3)4/h5-12H,1,3H2,2,4H3. The zero-order valence-corrected chi connectivity index (χ0v) is 14.5. The van der Waals surface area contributed by atoms with E-state index in [2.05, 4.69) is 13.2 Å². The van der Waals surface area contributed by atoms with E-state index in [0.29, 0.717) is 22.5 Å². The SMILES string of the molecule is C=C(C)C(=O)Oc1ccc(Sc2ccc(C(=O)C(=C)C)cc2)cc1. The van der Waals surface area contributed by atoms with Crippen LogP contribution in [0.5, 0.6) is 5.75 Å². The maximum absolute atomic E-state index is 11.8. The van der Waals surface area contributed by atoms with Crippen molar-refractivity contribution in [1.82, 2.24) is 0 Å². The van der Waals surface area contributed by atoms with E-state index in [4.69, 9.17) is 4.74 Å². The molecule has 0 saturated carbocycles. The fraction of sp³-hybridized carbons (Fsp3) is 0.100. The molecule has 0 bridgehead atoms. The van der Waals surface area contributed by atoms with Crippen LogP contribution in [0.15, 0.2) is 82.6 Å². The number of hydrogen-bond donors (Lipinski definition) is 0. The third kappa shape index (κ3) is 4.70. The van der Waals surface area contributed by atoms with Crippen LogP contribution in [-0.4, -0.2) is 11.8 Å². The Morgan fingerprint density at radius 1 is 0.833 bits per heavy atom. The average Bonchev–Trinajstić information content (AvgIpc) is 2.56. The summed E-state index contributed by atoms with van der Waals surface area (Å²) < 4.78 is 5.15. The number of carbonyl (C=O) groups excluding carboxylic acids is 2. The summed E-state index contributed by atoms with van der Waals surface area (Å²) in [6, 6.07) is 14.6. The molecule has 0 aliphatic rings. The van der Waals surface area contributed by atoms with E-state index in [9.17, 15) is 9.59 Å². The third-order valence-electron chi connectivity index (χ3n) is 3.12. The van der Waals surface area contributed by atoms with Gasteiger partial charge in [-0.15, -0.1) is 0 Å². The smallest absolute Gasteiger partial charge is 0.338 e. The Morgan fingerprint density at radius 2 is 1.33 bits per heavy atom. The van der Waals surface area contributed by atoms with Gasteiger partial charge in [-0.3, -0.25) is 4.79 Å². The summed E-state index contributed by atoms with van der Waals surface area (Å²) in [5.41, 5.74) is 1.52. The monoisotopic (exact) mass is 338 g/mol. The summed E-state index contributed by atoms with van der Waals surface area (Å²) in [6.07, 6.45) is 0. The van der Waals surface area contributed by atoms with Crippen molar-refractivity contribution in [3.05, 3.63) is 78.4 Å². The summed E-state index contributed by atoms with van der Waals surface area (Å²) in [7, 11) is 0. The first-order valence-electron chi connectivity index (χ1n) is 7.32. The lowest BCUT2D eigenvalue weighted by Gasteiger charge is -2.06. The molecule has 24 heavy (non-hydrogen) atoms. The van der Waals surface area contributed by atoms with Crippen LogP contribution in [0.2, 0.25) is 0 Å². The highest BCUT2D eigenvalue weighted by Crippen LogP contribution is 2.29. The second-order valence-corrected chi connectivity index (χ2v) is 6.52. The molecule has 0 aliphatic heterocycles. The van der Waals surface area contributed by atoms with Crippen molar-refractivity contribution >= 4 is 23.5 Å². The van der Waals surface area contributed by atoms with E-state index in [1.807, 2.05) is 24.3 Å². The third-order valence-corrected chi connectivity index (χ3v) is 4.14. The first-order valence-corrected chi connectivity index (χ1v) is 8.14. The molecule has 2 aromatic rings. The minimum Gasteiger partial charge on any atom is -0.423 e. The molecular formula is C20H18O3S. The Labute approximate surface area is 146 Å². The maximum atomic E-state index is 11.8. The largest absolute Gasteiger partial charge is 0.423 e. The Balaban J connectivity index is 2.03.